The Bertz CT molecular complexity index is 1040. The zero-order valence-electron chi connectivity index (χ0n) is 16.1. The summed E-state index contributed by atoms with van der Waals surface area (Å²) in [6.45, 7) is 7.53. The quantitative estimate of drug-likeness (QED) is 0.654. The van der Waals surface area contributed by atoms with Gasteiger partial charge in [0.1, 0.15) is 5.69 Å². The summed E-state index contributed by atoms with van der Waals surface area (Å²) in [7, 11) is 0. The molecule has 0 saturated heterocycles. The molecule has 1 aliphatic heterocycles. The van der Waals surface area contributed by atoms with Crippen molar-refractivity contribution in [2.75, 3.05) is 5.32 Å². The van der Waals surface area contributed by atoms with Gasteiger partial charge < -0.3 is 14.8 Å². The van der Waals surface area contributed by atoms with Crippen molar-refractivity contribution in [1.29, 1.82) is 0 Å². The van der Waals surface area contributed by atoms with Crippen LogP contribution in [0.2, 0.25) is 0 Å². The summed E-state index contributed by atoms with van der Waals surface area (Å²) in [5, 5.41) is 2.62. The van der Waals surface area contributed by atoms with E-state index in [0.717, 1.165) is 4.88 Å². The van der Waals surface area contributed by atoms with Crippen molar-refractivity contribution in [2.45, 2.75) is 34.0 Å². The first-order chi connectivity index (χ1) is 13.8. The Morgan fingerprint density at radius 3 is 2.34 bits per heavy atom. The third-order valence-corrected chi connectivity index (χ3v) is 4.64. The molecule has 3 aromatic rings. The SMILES string of the molecule is CC.Cc1cc2c(cc1-c1cnc(NC(=O)c3ncsc3C)cn1)OC(F)(F)O2. The third kappa shape index (κ3) is 4.32. The Balaban J connectivity index is 0.00000117. The molecule has 7 nitrogen and oxygen atoms in total. The summed E-state index contributed by atoms with van der Waals surface area (Å²) < 4.78 is 35.3. The molecule has 1 aromatic carbocycles. The summed E-state index contributed by atoms with van der Waals surface area (Å²) in [4.78, 5) is 25.4. The van der Waals surface area contributed by atoms with Crippen LogP contribution < -0.4 is 14.8 Å². The molecule has 0 unspecified atom stereocenters. The second-order valence-corrected chi connectivity index (χ2v) is 6.84. The molecule has 0 atom stereocenters. The lowest BCUT2D eigenvalue weighted by atomic mass is 10.1. The topological polar surface area (TPSA) is 86.2 Å². The lowest BCUT2D eigenvalue weighted by molar-refractivity contribution is -0.286. The standard InChI is InChI=1S/C17H12F2N4O3S.C2H6/c1-8-3-12-13(26-17(18,19)25-12)4-10(8)11-5-21-14(6-20-11)23-16(24)15-9(2)27-7-22-15;1-2/h3-7H,1-2H3,(H,21,23,24);1-2H3. The summed E-state index contributed by atoms with van der Waals surface area (Å²) in [5.41, 5.74) is 3.59. The molecule has 1 N–H and O–H groups in total. The number of halogens is 2. The lowest BCUT2D eigenvalue weighted by Gasteiger charge is -2.08. The van der Waals surface area contributed by atoms with E-state index in [2.05, 4.69) is 29.7 Å². The predicted molar refractivity (Wildman–Crippen MR) is 105 cm³/mol. The highest BCUT2D eigenvalue weighted by atomic mass is 32.1. The number of nitrogens with one attached hydrogen (secondary N) is 1. The van der Waals surface area contributed by atoms with Crippen molar-refractivity contribution in [3.8, 4) is 22.8 Å². The first-order valence-electron chi connectivity index (χ1n) is 8.77. The molecular weight excluding hydrogens is 402 g/mol. The number of fused-ring (bicyclic) bond motifs is 1. The van der Waals surface area contributed by atoms with Gasteiger partial charge in [0.05, 0.1) is 23.6 Å². The summed E-state index contributed by atoms with van der Waals surface area (Å²) in [5.74, 6) is -0.228. The Morgan fingerprint density at radius 2 is 1.76 bits per heavy atom. The number of hydrogen-bond acceptors (Lipinski definition) is 7. The van der Waals surface area contributed by atoms with Crippen molar-refractivity contribution in [1.82, 2.24) is 15.0 Å². The summed E-state index contributed by atoms with van der Waals surface area (Å²) in [6.07, 6.45) is -0.860. The Morgan fingerprint density at radius 1 is 1.07 bits per heavy atom. The van der Waals surface area contributed by atoms with Gasteiger partial charge in [-0.15, -0.1) is 20.1 Å². The van der Waals surface area contributed by atoms with Gasteiger partial charge >= 0.3 is 6.29 Å². The summed E-state index contributed by atoms with van der Waals surface area (Å²) >= 11 is 1.37. The van der Waals surface area contributed by atoms with Gasteiger partial charge in [-0.3, -0.25) is 9.78 Å². The molecule has 0 radical (unpaired) electrons. The van der Waals surface area contributed by atoms with E-state index in [-0.39, 0.29) is 23.2 Å². The van der Waals surface area contributed by atoms with E-state index in [9.17, 15) is 13.6 Å². The number of anilines is 1. The second kappa shape index (κ2) is 8.08. The number of ether oxygens (including phenoxy) is 2. The third-order valence-electron chi connectivity index (χ3n) is 3.88. The van der Waals surface area contributed by atoms with Crippen LogP contribution in [0.1, 0.15) is 34.8 Å². The molecule has 0 saturated carbocycles. The van der Waals surface area contributed by atoms with Crippen LogP contribution in [-0.4, -0.2) is 27.2 Å². The van der Waals surface area contributed by atoms with Crippen LogP contribution in [0, 0.1) is 13.8 Å². The number of alkyl halides is 2. The van der Waals surface area contributed by atoms with Gasteiger partial charge in [0, 0.05) is 10.4 Å². The fraction of sp³-hybridized carbons (Fsp3) is 0.263. The smallest absolute Gasteiger partial charge is 0.395 e. The van der Waals surface area contributed by atoms with Gasteiger partial charge in [0.25, 0.3) is 5.91 Å². The monoisotopic (exact) mass is 420 g/mol. The van der Waals surface area contributed by atoms with Gasteiger partial charge in [0.15, 0.2) is 17.3 Å². The highest BCUT2D eigenvalue weighted by molar-refractivity contribution is 7.09. The van der Waals surface area contributed by atoms with Crippen LogP contribution in [-0.2, 0) is 0 Å². The molecule has 3 heterocycles. The van der Waals surface area contributed by atoms with Crippen molar-refractivity contribution in [2.24, 2.45) is 0 Å². The van der Waals surface area contributed by atoms with Crippen LogP contribution in [0.15, 0.2) is 30.0 Å². The minimum atomic E-state index is -3.68. The number of carbonyl (C=O) groups is 1. The molecule has 0 fully saturated rings. The number of amides is 1. The van der Waals surface area contributed by atoms with Crippen molar-refractivity contribution in [3.63, 3.8) is 0 Å². The molecular formula is C19H18F2N4O3S. The fourth-order valence-corrected chi connectivity index (χ4v) is 3.18. The van der Waals surface area contributed by atoms with Crippen LogP contribution >= 0.6 is 11.3 Å². The van der Waals surface area contributed by atoms with Gasteiger partial charge in [-0.05, 0) is 31.5 Å². The predicted octanol–water partition coefficient (Wildman–Crippen LogP) is 4.82. The van der Waals surface area contributed by atoms with Crippen molar-refractivity contribution < 1.29 is 23.0 Å². The van der Waals surface area contributed by atoms with Crippen LogP contribution in [0.4, 0.5) is 14.6 Å². The minimum absolute atomic E-state index is 0.0308. The maximum Gasteiger partial charge on any atom is 0.586 e. The molecule has 10 heteroatoms. The highest BCUT2D eigenvalue weighted by Crippen LogP contribution is 2.44. The largest absolute Gasteiger partial charge is 0.586 e. The Kier molecular flexibility index (Phi) is 5.73. The van der Waals surface area contributed by atoms with Crippen LogP contribution in [0.5, 0.6) is 11.5 Å². The maximum atomic E-state index is 13.2. The van der Waals surface area contributed by atoms with E-state index < -0.39 is 6.29 Å². The highest BCUT2D eigenvalue weighted by Gasteiger charge is 2.43. The number of benzene rings is 1. The molecule has 0 aliphatic carbocycles. The average molecular weight is 420 g/mol. The van der Waals surface area contributed by atoms with E-state index in [1.807, 2.05) is 13.8 Å². The van der Waals surface area contributed by atoms with E-state index in [1.54, 1.807) is 19.4 Å². The van der Waals surface area contributed by atoms with E-state index in [1.165, 1.54) is 35.9 Å². The normalized spacial score (nSPS) is 13.4. The second-order valence-electron chi connectivity index (χ2n) is 5.78. The molecule has 0 spiro atoms. The molecule has 4 rings (SSSR count). The van der Waals surface area contributed by atoms with Crippen LogP contribution in [0.25, 0.3) is 11.3 Å². The number of hydrogen-bond donors (Lipinski definition) is 1. The molecule has 29 heavy (non-hydrogen) atoms. The zero-order chi connectivity index (χ0) is 21.2. The Hall–Kier alpha value is -3.14. The molecule has 0 bridgehead atoms. The van der Waals surface area contributed by atoms with Gasteiger partial charge in [-0.25, -0.2) is 9.97 Å². The zero-order valence-corrected chi connectivity index (χ0v) is 16.9. The first kappa shape index (κ1) is 20.6. The van der Waals surface area contributed by atoms with Gasteiger partial charge in [-0.1, -0.05) is 13.8 Å². The fourth-order valence-electron chi connectivity index (χ4n) is 2.60. The molecule has 152 valence electrons. The number of nitrogens with zero attached hydrogens (tertiary/aromatic N) is 3. The number of aryl methyl sites for hydroxylation is 2. The summed E-state index contributed by atoms with van der Waals surface area (Å²) in [6, 6.07) is 2.88. The van der Waals surface area contributed by atoms with Crippen molar-refractivity contribution in [3.05, 3.63) is 46.2 Å². The first-order valence-corrected chi connectivity index (χ1v) is 9.65. The van der Waals surface area contributed by atoms with Crippen molar-refractivity contribution >= 4 is 23.1 Å². The number of thiazole rings is 1. The van der Waals surface area contributed by atoms with E-state index >= 15 is 0 Å². The number of rotatable bonds is 3. The number of aromatic nitrogens is 3. The van der Waals surface area contributed by atoms with Crippen LogP contribution in [0.3, 0.4) is 0 Å². The molecule has 1 aliphatic rings. The molecule has 1 amide bonds. The van der Waals surface area contributed by atoms with Gasteiger partial charge in [0.2, 0.25) is 0 Å². The maximum absolute atomic E-state index is 13.2. The lowest BCUT2D eigenvalue weighted by Crippen LogP contribution is -2.25. The minimum Gasteiger partial charge on any atom is -0.395 e. The van der Waals surface area contributed by atoms with E-state index in [0.29, 0.717) is 22.5 Å². The average Bonchev–Trinajstić information content (AvgIpc) is 3.24. The van der Waals surface area contributed by atoms with Gasteiger partial charge in [-0.2, -0.15) is 0 Å². The molecule has 2 aromatic heterocycles. The Labute approximate surface area is 169 Å². The number of carbonyl (C=O) groups excluding carboxylic acids is 1. The van der Waals surface area contributed by atoms with E-state index in [4.69, 9.17) is 0 Å².